The van der Waals surface area contributed by atoms with Crippen LogP contribution in [0.2, 0.25) is 6.04 Å². The summed E-state index contributed by atoms with van der Waals surface area (Å²) in [5, 5.41) is 0. The summed E-state index contributed by atoms with van der Waals surface area (Å²) in [5.74, 6) is -1.60. The first kappa shape index (κ1) is 21.2. The number of rotatable bonds is 11. The Morgan fingerprint density at radius 2 is 1.50 bits per heavy atom. The number of unbranched alkanes of at least 4 members (excludes halogenated alkanes) is 3. The number of halogens is 2. The van der Waals surface area contributed by atoms with E-state index in [0.29, 0.717) is 6.04 Å². The van der Waals surface area contributed by atoms with Gasteiger partial charge in [-0.05, 0) is 64.7 Å². The van der Waals surface area contributed by atoms with Crippen molar-refractivity contribution in [3.63, 3.8) is 0 Å². The predicted octanol–water partition coefficient (Wildman–Crippen LogP) is 4.85. The molecule has 0 unspecified atom stereocenters. The fourth-order valence-electron chi connectivity index (χ4n) is 2.61. The lowest BCUT2D eigenvalue weighted by atomic mass is 10.1. The maximum Gasteiger partial charge on any atom is 0.498 e. The highest BCUT2D eigenvalue weighted by Gasteiger charge is 2.38. The third-order valence-electron chi connectivity index (χ3n) is 3.53. The van der Waals surface area contributed by atoms with Crippen LogP contribution in [0, 0.1) is 11.6 Å². The summed E-state index contributed by atoms with van der Waals surface area (Å²) in [5.41, 5.74) is 0.811. The van der Waals surface area contributed by atoms with Crippen molar-refractivity contribution in [3.8, 4) is 0 Å². The van der Waals surface area contributed by atoms with Crippen molar-refractivity contribution in [2.24, 2.45) is 0 Å². The molecule has 0 aliphatic carbocycles. The van der Waals surface area contributed by atoms with Gasteiger partial charge in [0, 0.05) is 18.3 Å². The van der Waals surface area contributed by atoms with Gasteiger partial charge in [-0.25, -0.2) is 8.78 Å². The quantitative estimate of drug-likeness (QED) is 0.453. The smallest absolute Gasteiger partial charge is 0.390 e. The van der Waals surface area contributed by atoms with E-state index in [9.17, 15) is 13.6 Å². The van der Waals surface area contributed by atoms with Crippen molar-refractivity contribution >= 4 is 8.80 Å². The van der Waals surface area contributed by atoms with Crippen molar-refractivity contribution in [2.75, 3.05) is 0 Å². The molecule has 0 atom stereocenters. The first-order valence-electron chi connectivity index (χ1n) is 8.74. The van der Waals surface area contributed by atoms with E-state index in [2.05, 4.69) is 0 Å². The second-order valence-electron chi connectivity index (χ2n) is 6.71. The zero-order valence-electron chi connectivity index (χ0n) is 15.1. The Bertz CT molecular complexity index is 485. The molecule has 1 aromatic carbocycles. The Morgan fingerprint density at radius 1 is 0.917 bits per heavy atom. The lowest BCUT2D eigenvalue weighted by molar-refractivity contribution is 0.0472. The van der Waals surface area contributed by atoms with E-state index in [-0.39, 0.29) is 12.2 Å². The van der Waals surface area contributed by atoms with Gasteiger partial charge in [0.2, 0.25) is 0 Å². The average molecular weight is 361 g/mol. The predicted molar refractivity (Wildman–Crippen MR) is 93.8 cm³/mol. The molecule has 0 saturated heterocycles. The Balaban J connectivity index is 2.29. The largest absolute Gasteiger partial charge is 0.498 e. The van der Waals surface area contributed by atoms with Crippen LogP contribution in [0.15, 0.2) is 18.2 Å². The zero-order chi connectivity index (χ0) is 18.2. The number of hydrogen-bond donors (Lipinski definition) is 1. The van der Waals surface area contributed by atoms with Gasteiger partial charge in [-0.3, -0.25) is 0 Å². The molecule has 1 rings (SSSR count). The third-order valence-corrected chi connectivity index (χ3v) is 6.20. The van der Waals surface area contributed by atoms with Crippen molar-refractivity contribution in [3.05, 3.63) is 35.4 Å². The van der Waals surface area contributed by atoms with Crippen molar-refractivity contribution < 1.29 is 22.4 Å². The van der Waals surface area contributed by atoms with Crippen LogP contribution >= 0.6 is 0 Å². The van der Waals surface area contributed by atoms with Crippen LogP contribution in [0.5, 0.6) is 0 Å². The van der Waals surface area contributed by atoms with Gasteiger partial charge < -0.3 is 13.6 Å². The van der Waals surface area contributed by atoms with Crippen LogP contribution in [-0.4, -0.2) is 25.8 Å². The van der Waals surface area contributed by atoms with Crippen LogP contribution in [0.4, 0.5) is 8.78 Å². The molecule has 0 aromatic heterocycles. The molecule has 0 aliphatic rings. The number of benzene rings is 1. The molecule has 0 spiro atoms. The summed E-state index contributed by atoms with van der Waals surface area (Å²) in [6.45, 7) is 7.57. The van der Waals surface area contributed by atoms with Crippen molar-refractivity contribution in [1.82, 2.24) is 0 Å². The van der Waals surface area contributed by atoms with E-state index in [1.807, 2.05) is 27.7 Å². The lowest BCUT2D eigenvalue weighted by Crippen LogP contribution is -2.46. The fourth-order valence-corrected chi connectivity index (χ4v) is 5.07. The average Bonchev–Trinajstić information content (AvgIpc) is 2.44. The van der Waals surface area contributed by atoms with Crippen molar-refractivity contribution in [2.45, 2.75) is 78.1 Å². The Kier molecular flexibility index (Phi) is 9.05. The second-order valence-corrected chi connectivity index (χ2v) is 9.11. The highest BCUT2D eigenvalue weighted by Crippen LogP contribution is 2.20. The van der Waals surface area contributed by atoms with Crippen LogP contribution in [0.25, 0.3) is 0 Å². The first-order valence-corrected chi connectivity index (χ1v) is 10.7. The topological polar surface area (TPSA) is 38.7 Å². The van der Waals surface area contributed by atoms with Gasteiger partial charge in [0.05, 0.1) is 0 Å². The molecule has 3 nitrogen and oxygen atoms in total. The minimum absolute atomic E-state index is 0.0613. The molecule has 0 bridgehead atoms. The molecule has 24 heavy (non-hydrogen) atoms. The molecular weight excluding hydrogens is 330 g/mol. The van der Waals surface area contributed by atoms with Crippen LogP contribution in [-0.2, 0) is 15.3 Å². The van der Waals surface area contributed by atoms with E-state index in [4.69, 9.17) is 8.85 Å². The molecule has 0 aliphatic heterocycles. The summed E-state index contributed by atoms with van der Waals surface area (Å²) in [7, 11) is -3.10. The third kappa shape index (κ3) is 8.33. The number of aryl methyl sites for hydroxylation is 1. The monoisotopic (exact) mass is 360 g/mol. The van der Waals surface area contributed by atoms with Crippen molar-refractivity contribution in [1.29, 1.82) is 0 Å². The molecule has 0 heterocycles. The summed E-state index contributed by atoms with van der Waals surface area (Å²) in [6.07, 6.45) is 4.25. The molecule has 6 heteroatoms. The molecule has 0 saturated carbocycles. The highest BCUT2D eigenvalue weighted by molar-refractivity contribution is 6.59. The van der Waals surface area contributed by atoms with E-state index < -0.39 is 20.4 Å². The van der Waals surface area contributed by atoms with Gasteiger partial charge in [0.1, 0.15) is 0 Å². The Hall–Kier alpha value is -0.823. The fraction of sp³-hybridized carbons (Fsp3) is 0.667. The first-order chi connectivity index (χ1) is 11.2. The Morgan fingerprint density at radius 3 is 2.04 bits per heavy atom. The van der Waals surface area contributed by atoms with Gasteiger partial charge >= 0.3 is 8.80 Å². The SMILES string of the molecule is CC(C)O[Si](O)(CCCCCCc1ccc(F)c(F)c1)OC(C)C. The maximum atomic E-state index is 13.1. The molecule has 1 aromatic rings. The minimum atomic E-state index is -3.10. The van der Waals surface area contributed by atoms with E-state index in [0.717, 1.165) is 37.7 Å². The van der Waals surface area contributed by atoms with E-state index in [1.165, 1.54) is 12.1 Å². The van der Waals surface area contributed by atoms with Crippen LogP contribution < -0.4 is 0 Å². The summed E-state index contributed by atoms with van der Waals surface area (Å²) in [6, 6.07) is 4.60. The highest BCUT2D eigenvalue weighted by atomic mass is 28.4. The van der Waals surface area contributed by atoms with Gasteiger partial charge in [-0.1, -0.05) is 18.9 Å². The number of hydrogen-bond acceptors (Lipinski definition) is 3. The standard InChI is InChI=1S/C18H30F2O3Si/c1-14(2)22-24(21,23-15(3)4)12-8-6-5-7-9-16-10-11-17(19)18(20)13-16/h10-11,13-15,21H,5-9,12H2,1-4H3. The van der Waals surface area contributed by atoms with Gasteiger partial charge in [-0.15, -0.1) is 0 Å². The summed E-state index contributed by atoms with van der Waals surface area (Å²) < 4.78 is 37.3. The van der Waals surface area contributed by atoms with Crippen LogP contribution in [0.1, 0.15) is 58.9 Å². The summed E-state index contributed by atoms with van der Waals surface area (Å²) >= 11 is 0. The zero-order valence-corrected chi connectivity index (χ0v) is 16.1. The minimum Gasteiger partial charge on any atom is -0.390 e. The molecule has 1 N–H and O–H groups in total. The van der Waals surface area contributed by atoms with Gasteiger partial charge in [0.15, 0.2) is 11.6 Å². The Labute approximate surface area is 145 Å². The van der Waals surface area contributed by atoms with Gasteiger partial charge in [0.25, 0.3) is 0 Å². The van der Waals surface area contributed by atoms with E-state index >= 15 is 0 Å². The second kappa shape index (κ2) is 10.2. The molecule has 0 radical (unpaired) electrons. The molecule has 0 amide bonds. The van der Waals surface area contributed by atoms with Gasteiger partial charge in [-0.2, -0.15) is 0 Å². The van der Waals surface area contributed by atoms with Crippen LogP contribution in [0.3, 0.4) is 0 Å². The molecular formula is C18H30F2O3Si. The van der Waals surface area contributed by atoms with E-state index in [1.54, 1.807) is 6.07 Å². The maximum absolute atomic E-state index is 13.1. The normalized spacial score (nSPS) is 12.4. The lowest BCUT2D eigenvalue weighted by Gasteiger charge is -2.28. The molecule has 138 valence electrons. The molecule has 0 fully saturated rings. The summed E-state index contributed by atoms with van der Waals surface area (Å²) in [4.78, 5) is 10.6.